The lowest BCUT2D eigenvalue weighted by atomic mass is 10.0. The van der Waals surface area contributed by atoms with Crippen molar-refractivity contribution in [2.45, 2.75) is 20.3 Å². The van der Waals surface area contributed by atoms with E-state index in [0.717, 1.165) is 11.1 Å². The third kappa shape index (κ3) is 4.82. The predicted octanol–water partition coefficient (Wildman–Crippen LogP) is 1.38. The van der Waals surface area contributed by atoms with Crippen LogP contribution in [0.1, 0.15) is 27.9 Å². The first-order chi connectivity index (χ1) is 8.71. The number of carbonyl (C=O) groups excluding carboxylic acids is 1. The summed E-state index contributed by atoms with van der Waals surface area (Å²) in [6.07, 6.45) is -0.484. The van der Waals surface area contributed by atoms with E-state index in [0.29, 0.717) is 5.56 Å². The Bertz CT molecular complexity index is 601. The summed E-state index contributed by atoms with van der Waals surface area (Å²) in [4.78, 5) is 22.2. The molecule has 0 saturated carbocycles. The molecular weight excluding hydrogens is 268 g/mol. The second-order valence-corrected chi connectivity index (χ2v) is 6.64. The van der Waals surface area contributed by atoms with Gasteiger partial charge >= 0.3 is 5.97 Å². The van der Waals surface area contributed by atoms with Crippen molar-refractivity contribution in [2.24, 2.45) is 0 Å². The molecule has 0 aliphatic carbocycles. The quantitative estimate of drug-likeness (QED) is 0.797. The Balaban J connectivity index is 2.79. The van der Waals surface area contributed by atoms with Gasteiger partial charge in [-0.2, -0.15) is 0 Å². The van der Waals surface area contributed by atoms with Gasteiger partial charge < -0.3 is 5.11 Å². The van der Waals surface area contributed by atoms with E-state index < -0.39 is 39.5 Å². The molecule has 0 heterocycles. The Labute approximate surface area is 112 Å². The predicted molar refractivity (Wildman–Crippen MR) is 71.2 cm³/mol. The van der Waals surface area contributed by atoms with Gasteiger partial charge in [-0.25, -0.2) is 8.42 Å². The molecule has 0 atom stereocenters. The van der Waals surface area contributed by atoms with Gasteiger partial charge in [0.2, 0.25) is 0 Å². The van der Waals surface area contributed by atoms with Crippen molar-refractivity contribution < 1.29 is 23.1 Å². The van der Waals surface area contributed by atoms with Crippen molar-refractivity contribution in [2.75, 3.05) is 11.5 Å². The Kier molecular flexibility index (Phi) is 4.83. The average Bonchev–Trinajstić information content (AvgIpc) is 2.29. The zero-order chi connectivity index (χ0) is 14.6. The van der Waals surface area contributed by atoms with Gasteiger partial charge in [-0.1, -0.05) is 12.1 Å². The third-order valence-electron chi connectivity index (χ3n) is 2.81. The SMILES string of the molecule is Cc1ccc(C(=O)CS(=O)(=O)CCC(=O)O)cc1C. The minimum atomic E-state index is -3.68. The summed E-state index contributed by atoms with van der Waals surface area (Å²) >= 11 is 0. The summed E-state index contributed by atoms with van der Waals surface area (Å²) in [5, 5.41) is 8.45. The maximum atomic E-state index is 11.8. The van der Waals surface area contributed by atoms with Crippen LogP contribution in [0, 0.1) is 13.8 Å². The summed E-state index contributed by atoms with van der Waals surface area (Å²) in [6.45, 7) is 3.73. The van der Waals surface area contributed by atoms with E-state index in [4.69, 9.17) is 5.11 Å². The molecule has 1 rings (SSSR count). The van der Waals surface area contributed by atoms with Crippen LogP contribution in [0.4, 0.5) is 0 Å². The van der Waals surface area contributed by atoms with Crippen LogP contribution in [0.3, 0.4) is 0 Å². The Hall–Kier alpha value is -1.69. The molecular formula is C13H16O5S. The molecule has 0 radical (unpaired) electrons. The van der Waals surface area contributed by atoms with E-state index in [1.165, 1.54) is 0 Å². The van der Waals surface area contributed by atoms with Crippen molar-refractivity contribution in [3.05, 3.63) is 34.9 Å². The summed E-state index contributed by atoms with van der Waals surface area (Å²) in [5.74, 6) is -2.86. The van der Waals surface area contributed by atoms with E-state index >= 15 is 0 Å². The maximum Gasteiger partial charge on any atom is 0.304 e. The Morgan fingerprint density at radius 3 is 2.32 bits per heavy atom. The number of aliphatic carboxylic acids is 1. The summed E-state index contributed by atoms with van der Waals surface area (Å²) in [7, 11) is -3.68. The summed E-state index contributed by atoms with van der Waals surface area (Å²) in [5.41, 5.74) is 2.26. The van der Waals surface area contributed by atoms with Crippen molar-refractivity contribution in [1.29, 1.82) is 0 Å². The Morgan fingerprint density at radius 2 is 1.79 bits per heavy atom. The topological polar surface area (TPSA) is 88.5 Å². The number of hydrogen-bond donors (Lipinski definition) is 1. The first kappa shape index (κ1) is 15.4. The highest BCUT2D eigenvalue weighted by molar-refractivity contribution is 7.92. The second kappa shape index (κ2) is 5.97. The molecule has 104 valence electrons. The molecule has 0 bridgehead atoms. The van der Waals surface area contributed by atoms with Crippen LogP contribution in [0.15, 0.2) is 18.2 Å². The molecule has 1 aromatic carbocycles. The van der Waals surface area contributed by atoms with Crippen LogP contribution >= 0.6 is 0 Å². The molecule has 1 N–H and O–H groups in total. The van der Waals surface area contributed by atoms with Crippen molar-refractivity contribution >= 4 is 21.6 Å². The zero-order valence-corrected chi connectivity index (χ0v) is 11.7. The number of ketones is 1. The lowest BCUT2D eigenvalue weighted by molar-refractivity contribution is -0.136. The molecule has 0 aliphatic rings. The molecule has 0 spiro atoms. The highest BCUT2D eigenvalue weighted by atomic mass is 32.2. The standard InChI is InChI=1S/C13H16O5S/c1-9-3-4-11(7-10(9)2)12(14)8-19(17,18)6-5-13(15)16/h3-4,7H,5-6,8H2,1-2H3,(H,15,16). The minimum absolute atomic E-state index is 0.335. The number of carboxylic acids is 1. The Morgan fingerprint density at radius 1 is 1.16 bits per heavy atom. The smallest absolute Gasteiger partial charge is 0.304 e. The van der Waals surface area contributed by atoms with Gasteiger partial charge in [0.25, 0.3) is 0 Å². The van der Waals surface area contributed by atoms with E-state index in [2.05, 4.69) is 0 Å². The average molecular weight is 284 g/mol. The summed E-state index contributed by atoms with van der Waals surface area (Å²) < 4.78 is 23.2. The number of carbonyl (C=O) groups is 2. The van der Waals surface area contributed by atoms with Crippen LogP contribution in [0.25, 0.3) is 0 Å². The number of carboxylic acid groups (broad SMARTS) is 1. The highest BCUT2D eigenvalue weighted by Crippen LogP contribution is 2.11. The van der Waals surface area contributed by atoms with E-state index in [-0.39, 0.29) is 0 Å². The zero-order valence-electron chi connectivity index (χ0n) is 10.8. The molecule has 0 unspecified atom stereocenters. The first-order valence-corrected chi connectivity index (χ1v) is 7.56. The third-order valence-corrected chi connectivity index (χ3v) is 4.33. The van der Waals surface area contributed by atoms with Gasteiger partial charge in [0, 0.05) is 5.56 Å². The molecule has 19 heavy (non-hydrogen) atoms. The monoisotopic (exact) mass is 284 g/mol. The normalized spacial score (nSPS) is 11.3. The van der Waals surface area contributed by atoms with Gasteiger partial charge in [-0.3, -0.25) is 9.59 Å². The van der Waals surface area contributed by atoms with E-state index in [1.54, 1.807) is 18.2 Å². The number of hydrogen-bond acceptors (Lipinski definition) is 4. The number of sulfone groups is 1. The van der Waals surface area contributed by atoms with Crippen molar-refractivity contribution in [1.82, 2.24) is 0 Å². The fourth-order valence-electron chi connectivity index (χ4n) is 1.51. The molecule has 1 aromatic rings. The first-order valence-electron chi connectivity index (χ1n) is 5.74. The fourth-order valence-corrected chi connectivity index (χ4v) is 2.71. The number of rotatable bonds is 6. The van der Waals surface area contributed by atoms with E-state index in [1.807, 2.05) is 13.8 Å². The fraction of sp³-hybridized carbons (Fsp3) is 0.385. The van der Waals surface area contributed by atoms with Gasteiger partial charge in [0.05, 0.1) is 12.2 Å². The molecule has 0 aromatic heterocycles. The van der Waals surface area contributed by atoms with Crippen LogP contribution in [0.2, 0.25) is 0 Å². The van der Waals surface area contributed by atoms with Gasteiger partial charge in [0.1, 0.15) is 5.75 Å². The van der Waals surface area contributed by atoms with Crippen LogP contribution in [-0.4, -0.2) is 36.8 Å². The lowest BCUT2D eigenvalue weighted by Crippen LogP contribution is -2.20. The second-order valence-electron chi connectivity index (χ2n) is 4.46. The number of Topliss-reactive ketones (excluding diaryl/α,β-unsaturated/α-hetero) is 1. The van der Waals surface area contributed by atoms with Crippen LogP contribution in [-0.2, 0) is 14.6 Å². The number of aryl methyl sites for hydroxylation is 2. The van der Waals surface area contributed by atoms with Gasteiger partial charge in [0.15, 0.2) is 15.6 Å². The molecule has 0 amide bonds. The highest BCUT2D eigenvalue weighted by Gasteiger charge is 2.19. The minimum Gasteiger partial charge on any atom is -0.481 e. The molecule has 0 fully saturated rings. The maximum absolute atomic E-state index is 11.8. The molecule has 5 nitrogen and oxygen atoms in total. The van der Waals surface area contributed by atoms with E-state index in [9.17, 15) is 18.0 Å². The van der Waals surface area contributed by atoms with Gasteiger partial charge in [-0.05, 0) is 31.0 Å². The largest absolute Gasteiger partial charge is 0.481 e. The summed E-state index contributed by atoms with van der Waals surface area (Å²) in [6, 6.07) is 4.98. The van der Waals surface area contributed by atoms with Gasteiger partial charge in [-0.15, -0.1) is 0 Å². The molecule has 0 aliphatic heterocycles. The number of benzene rings is 1. The van der Waals surface area contributed by atoms with Crippen molar-refractivity contribution in [3.8, 4) is 0 Å². The van der Waals surface area contributed by atoms with Crippen LogP contribution in [0.5, 0.6) is 0 Å². The lowest BCUT2D eigenvalue weighted by Gasteiger charge is -2.05. The molecule has 6 heteroatoms. The van der Waals surface area contributed by atoms with Crippen LogP contribution < -0.4 is 0 Å². The molecule has 0 saturated heterocycles. The van der Waals surface area contributed by atoms with Crippen molar-refractivity contribution in [3.63, 3.8) is 0 Å².